The van der Waals surface area contributed by atoms with Crippen LogP contribution in [0.4, 0.5) is 0 Å². The third-order valence-electron chi connectivity index (χ3n) is 3.32. The lowest BCUT2D eigenvalue weighted by atomic mass is 10.3. The molecular formula is C13H30O2Si. The molecule has 0 bridgehead atoms. The van der Waals surface area contributed by atoms with Crippen LogP contribution >= 0.6 is 0 Å². The molecule has 0 fully saturated rings. The largest absolute Gasteiger partial charge is 0.394 e. The zero-order valence-corrected chi connectivity index (χ0v) is 13.1. The highest BCUT2D eigenvalue weighted by atomic mass is 28.3. The maximum atomic E-state index is 6.13. The lowest BCUT2D eigenvalue weighted by Crippen LogP contribution is -2.35. The molecule has 0 saturated carbocycles. The van der Waals surface area contributed by atoms with Gasteiger partial charge in [0.25, 0.3) is 0 Å². The molecule has 0 heterocycles. The van der Waals surface area contributed by atoms with Gasteiger partial charge in [-0.3, -0.25) is 0 Å². The standard InChI is InChI=1S/C13H30O2Si/c1-7-11(5)14-16(13(9-3)10-4)15-12(6)8-2/h11-13,16H,7-10H2,1-6H3. The molecule has 0 aromatic heterocycles. The van der Waals surface area contributed by atoms with Crippen molar-refractivity contribution in [2.24, 2.45) is 0 Å². The van der Waals surface area contributed by atoms with E-state index in [1.807, 2.05) is 0 Å². The van der Waals surface area contributed by atoms with Crippen molar-refractivity contribution in [1.82, 2.24) is 0 Å². The second kappa shape index (κ2) is 9.20. The molecule has 0 aliphatic rings. The van der Waals surface area contributed by atoms with E-state index in [1.165, 1.54) is 12.8 Å². The first-order valence-electron chi connectivity index (χ1n) is 6.89. The van der Waals surface area contributed by atoms with Gasteiger partial charge in [-0.15, -0.1) is 0 Å². The molecule has 0 N–H and O–H groups in total. The zero-order valence-electron chi connectivity index (χ0n) is 12.0. The quantitative estimate of drug-likeness (QED) is 0.572. The van der Waals surface area contributed by atoms with Crippen molar-refractivity contribution >= 4 is 9.28 Å². The van der Waals surface area contributed by atoms with Crippen LogP contribution in [0.25, 0.3) is 0 Å². The van der Waals surface area contributed by atoms with Crippen LogP contribution in [0.15, 0.2) is 0 Å². The highest BCUT2D eigenvalue weighted by Crippen LogP contribution is 2.24. The topological polar surface area (TPSA) is 18.5 Å². The summed E-state index contributed by atoms with van der Waals surface area (Å²) in [7, 11) is -1.50. The lowest BCUT2D eigenvalue weighted by molar-refractivity contribution is 0.103. The van der Waals surface area contributed by atoms with E-state index in [1.54, 1.807) is 0 Å². The van der Waals surface area contributed by atoms with Gasteiger partial charge in [0.05, 0.1) is 0 Å². The van der Waals surface area contributed by atoms with Crippen LogP contribution in [0.2, 0.25) is 5.54 Å². The molecule has 0 aromatic rings. The Labute approximate surface area is 104 Å². The smallest absolute Gasteiger partial charge is 0.325 e. The Morgan fingerprint density at radius 1 is 0.750 bits per heavy atom. The molecule has 0 aliphatic heterocycles. The van der Waals surface area contributed by atoms with Gasteiger partial charge < -0.3 is 8.85 Å². The molecule has 98 valence electrons. The van der Waals surface area contributed by atoms with Crippen molar-refractivity contribution in [2.75, 3.05) is 0 Å². The van der Waals surface area contributed by atoms with Crippen molar-refractivity contribution < 1.29 is 8.85 Å². The number of hydrogen-bond donors (Lipinski definition) is 0. The van der Waals surface area contributed by atoms with Crippen molar-refractivity contribution in [3.63, 3.8) is 0 Å². The molecule has 0 saturated heterocycles. The first-order valence-corrected chi connectivity index (χ1v) is 8.50. The van der Waals surface area contributed by atoms with Crippen LogP contribution in [0.3, 0.4) is 0 Å². The Balaban J connectivity index is 4.35. The van der Waals surface area contributed by atoms with Gasteiger partial charge in [-0.1, -0.05) is 40.5 Å². The van der Waals surface area contributed by atoms with E-state index in [0.717, 1.165) is 12.8 Å². The molecule has 0 rings (SSSR count). The maximum absolute atomic E-state index is 6.13. The Morgan fingerprint density at radius 3 is 1.38 bits per heavy atom. The second-order valence-corrected chi connectivity index (χ2v) is 6.88. The summed E-state index contributed by atoms with van der Waals surface area (Å²) in [5.74, 6) is 0. The summed E-state index contributed by atoms with van der Waals surface area (Å²) in [6.45, 7) is 13.1. The Bertz CT molecular complexity index is 148. The molecule has 2 unspecified atom stereocenters. The third-order valence-corrected chi connectivity index (χ3v) is 6.49. The van der Waals surface area contributed by atoms with Gasteiger partial charge in [0, 0.05) is 12.2 Å². The fourth-order valence-corrected chi connectivity index (χ4v) is 4.16. The van der Waals surface area contributed by atoms with Crippen LogP contribution in [0, 0.1) is 0 Å². The molecular weight excluding hydrogens is 216 g/mol. The molecule has 0 amide bonds. The van der Waals surface area contributed by atoms with E-state index in [0.29, 0.717) is 17.7 Å². The second-order valence-electron chi connectivity index (χ2n) is 4.65. The molecule has 0 spiro atoms. The molecule has 2 atom stereocenters. The SMILES string of the molecule is CCC(C)O[SiH](OC(C)CC)C(CC)CC. The van der Waals surface area contributed by atoms with Crippen LogP contribution in [-0.2, 0) is 8.85 Å². The van der Waals surface area contributed by atoms with E-state index in [9.17, 15) is 0 Å². The third kappa shape index (κ3) is 6.02. The summed E-state index contributed by atoms with van der Waals surface area (Å²) in [4.78, 5) is 0. The molecule has 0 aliphatic carbocycles. The van der Waals surface area contributed by atoms with Gasteiger partial charge in [-0.2, -0.15) is 0 Å². The Kier molecular flexibility index (Phi) is 9.28. The van der Waals surface area contributed by atoms with Gasteiger partial charge in [0.15, 0.2) is 0 Å². The van der Waals surface area contributed by atoms with Gasteiger partial charge in [-0.05, 0) is 32.2 Å². The van der Waals surface area contributed by atoms with E-state index >= 15 is 0 Å². The highest BCUT2D eigenvalue weighted by Gasteiger charge is 2.26. The minimum Gasteiger partial charge on any atom is -0.394 e. The minimum atomic E-state index is -1.50. The Morgan fingerprint density at radius 2 is 1.12 bits per heavy atom. The molecule has 0 aromatic carbocycles. The average Bonchev–Trinajstić information content (AvgIpc) is 2.29. The van der Waals surface area contributed by atoms with Crippen molar-refractivity contribution in [3.8, 4) is 0 Å². The Hall–Kier alpha value is 0.137. The molecule has 0 radical (unpaired) electrons. The van der Waals surface area contributed by atoms with E-state index in [-0.39, 0.29) is 0 Å². The molecule has 2 nitrogen and oxygen atoms in total. The predicted molar refractivity (Wildman–Crippen MR) is 73.2 cm³/mol. The van der Waals surface area contributed by atoms with Crippen LogP contribution in [0.5, 0.6) is 0 Å². The first-order chi connectivity index (χ1) is 7.58. The monoisotopic (exact) mass is 246 g/mol. The average molecular weight is 246 g/mol. The summed E-state index contributed by atoms with van der Waals surface area (Å²) < 4.78 is 12.3. The summed E-state index contributed by atoms with van der Waals surface area (Å²) in [6.07, 6.45) is 5.21. The predicted octanol–water partition coefficient (Wildman–Crippen LogP) is 4.03. The van der Waals surface area contributed by atoms with Crippen LogP contribution in [-0.4, -0.2) is 21.5 Å². The van der Waals surface area contributed by atoms with Gasteiger partial charge in [0.2, 0.25) is 0 Å². The minimum absolute atomic E-state index is 0.348. The fraction of sp³-hybridized carbons (Fsp3) is 1.00. The first kappa shape index (κ1) is 16.1. The van der Waals surface area contributed by atoms with Crippen molar-refractivity contribution in [2.45, 2.75) is 85.0 Å². The molecule has 3 heteroatoms. The zero-order chi connectivity index (χ0) is 12.6. The number of rotatable bonds is 9. The van der Waals surface area contributed by atoms with E-state index < -0.39 is 9.28 Å². The van der Waals surface area contributed by atoms with E-state index in [2.05, 4.69) is 41.5 Å². The van der Waals surface area contributed by atoms with E-state index in [4.69, 9.17) is 8.85 Å². The lowest BCUT2D eigenvalue weighted by Gasteiger charge is -2.28. The van der Waals surface area contributed by atoms with Gasteiger partial charge in [-0.25, -0.2) is 0 Å². The van der Waals surface area contributed by atoms with Crippen LogP contribution in [0.1, 0.15) is 67.2 Å². The fourth-order valence-electron chi connectivity index (χ4n) is 1.58. The highest BCUT2D eigenvalue weighted by molar-refractivity contribution is 6.46. The van der Waals surface area contributed by atoms with Crippen LogP contribution < -0.4 is 0 Å². The molecule has 16 heavy (non-hydrogen) atoms. The summed E-state index contributed by atoms with van der Waals surface area (Å²) in [6, 6.07) is 0. The van der Waals surface area contributed by atoms with Crippen molar-refractivity contribution in [1.29, 1.82) is 0 Å². The van der Waals surface area contributed by atoms with Gasteiger partial charge in [0.1, 0.15) is 0 Å². The summed E-state index contributed by atoms with van der Waals surface area (Å²) in [5.41, 5.74) is 0.656. The summed E-state index contributed by atoms with van der Waals surface area (Å²) in [5, 5.41) is 0. The van der Waals surface area contributed by atoms with Crippen molar-refractivity contribution in [3.05, 3.63) is 0 Å². The normalized spacial score (nSPS) is 17.4. The van der Waals surface area contributed by atoms with Gasteiger partial charge >= 0.3 is 9.28 Å². The summed E-state index contributed by atoms with van der Waals surface area (Å²) >= 11 is 0. The number of hydrogen-bond acceptors (Lipinski definition) is 2. The maximum Gasteiger partial charge on any atom is 0.325 e.